The highest BCUT2D eigenvalue weighted by atomic mass is 127. The fraction of sp³-hybridized carbons (Fsp3) is 0.545. The summed E-state index contributed by atoms with van der Waals surface area (Å²) < 4.78 is 5.45. The molecule has 7 heteroatoms. The van der Waals surface area contributed by atoms with E-state index < -0.39 is 0 Å². The summed E-state index contributed by atoms with van der Waals surface area (Å²) >= 11 is 1.95. The van der Waals surface area contributed by atoms with Gasteiger partial charge in [-0.05, 0) is 42.4 Å². The molecule has 0 atom stereocenters. The summed E-state index contributed by atoms with van der Waals surface area (Å²) in [6.07, 6.45) is 3.40. The Bertz CT molecular complexity index is 499. The standard InChI is InChI=1S/C11H14IN3O3/c1-2-18-8(16)5-15(7-3-4-7)10-9(12)11(17)14-6-13-10/h6-7H,2-5H2,1H3,(H,13,14,17). The quantitative estimate of drug-likeness (QED) is 0.622. The number of carbonyl (C=O) groups is 1. The van der Waals surface area contributed by atoms with Crippen LogP contribution in [0.2, 0.25) is 0 Å². The van der Waals surface area contributed by atoms with Crippen LogP contribution >= 0.6 is 22.6 Å². The molecule has 0 bridgehead atoms. The van der Waals surface area contributed by atoms with Crippen molar-refractivity contribution in [3.05, 3.63) is 20.3 Å². The van der Waals surface area contributed by atoms with E-state index in [0.717, 1.165) is 12.8 Å². The minimum Gasteiger partial charge on any atom is -0.465 e. The minimum atomic E-state index is -0.290. The van der Waals surface area contributed by atoms with Gasteiger partial charge in [0.25, 0.3) is 5.56 Å². The monoisotopic (exact) mass is 363 g/mol. The summed E-state index contributed by atoms with van der Waals surface area (Å²) in [5.74, 6) is 0.275. The maximum atomic E-state index is 11.6. The molecule has 18 heavy (non-hydrogen) atoms. The minimum absolute atomic E-state index is 0.144. The smallest absolute Gasteiger partial charge is 0.325 e. The normalized spacial score (nSPS) is 14.3. The first-order valence-electron chi connectivity index (χ1n) is 5.79. The molecular weight excluding hydrogens is 349 g/mol. The molecule has 0 spiro atoms. The van der Waals surface area contributed by atoms with Gasteiger partial charge in [0.15, 0.2) is 0 Å². The number of rotatable bonds is 5. The number of hydrogen-bond donors (Lipinski definition) is 1. The van der Waals surface area contributed by atoms with Crippen molar-refractivity contribution < 1.29 is 9.53 Å². The Labute approximate surface area is 118 Å². The van der Waals surface area contributed by atoms with Crippen LogP contribution in [0.5, 0.6) is 0 Å². The molecule has 0 unspecified atom stereocenters. The van der Waals surface area contributed by atoms with Crippen molar-refractivity contribution in [3.63, 3.8) is 0 Å². The molecule has 0 aliphatic heterocycles. The lowest BCUT2D eigenvalue weighted by Gasteiger charge is -2.22. The molecule has 1 fully saturated rings. The Balaban J connectivity index is 2.22. The van der Waals surface area contributed by atoms with Crippen LogP contribution in [0.25, 0.3) is 0 Å². The number of halogens is 1. The highest BCUT2D eigenvalue weighted by Gasteiger charge is 2.33. The maximum Gasteiger partial charge on any atom is 0.325 e. The summed E-state index contributed by atoms with van der Waals surface area (Å²) in [4.78, 5) is 31.7. The topological polar surface area (TPSA) is 75.3 Å². The molecule has 0 amide bonds. The Morgan fingerprint density at radius 2 is 2.39 bits per heavy atom. The first-order chi connectivity index (χ1) is 8.63. The number of ether oxygens (including phenoxy) is 1. The van der Waals surface area contributed by atoms with Crippen LogP contribution in [0.1, 0.15) is 19.8 Å². The lowest BCUT2D eigenvalue weighted by molar-refractivity contribution is -0.141. The molecule has 1 N–H and O–H groups in total. The van der Waals surface area contributed by atoms with Crippen molar-refractivity contribution in [1.29, 1.82) is 0 Å². The van der Waals surface area contributed by atoms with Crippen molar-refractivity contribution in [2.75, 3.05) is 18.1 Å². The first-order valence-corrected chi connectivity index (χ1v) is 6.86. The van der Waals surface area contributed by atoms with Crippen LogP contribution in [0.3, 0.4) is 0 Å². The van der Waals surface area contributed by atoms with Crippen LogP contribution in [-0.4, -0.2) is 35.1 Å². The van der Waals surface area contributed by atoms with E-state index in [1.54, 1.807) is 6.92 Å². The molecule has 0 saturated heterocycles. The number of H-pyrrole nitrogens is 1. The van der Waals surface area contributed by atoms with E-state index in [2.05, 4.69) is 9.97 Å². The summed E-state index contributed by atoms with van der Waals surface area (Å²) in [6, 6.07) is 0.289. The highest BCUT2D eigenvalue weighted by Crippen LogP contribution is 2.31. The van der Waals surface area contributed by atoms with Crippen LogP contribution in [0.15, 0.2) is 11.1 Å². The first kappa shape index (κ1) is 13.3. The number of carbonyl (C=O) groups excluding carboxylic acids is 1. The van der Waals surface area contributed by atoms with Gasteiger partial charge in [-0.25, -0.2) is 4.98 Å². The number of nitrogens with one attached hydrogen (secondary N) is 1. The number of esters is 1. The second-order valence-electron chi connectivity index (χ2n) is 4.03. The summed E-state index contributed by atoms with van der Waals surface area (Å²) in [7, 11) is 0. The lowest BCUT2D eigenvalue weighted by atomic mass is 10.4. The van der Waals surface area contributed by atoms with E-state index in [-0.39, 0.29) is 24.1 Å². The number of aromatic amines is 1. The molecule has 0 aromatic carbocycles. The third-order valence-electron chi connectivity index (χ3n) is 2.64. The van der Waals surface area contributed by atoms with Crippen LogP contribution in [0, 0.1) is 3.57 Å². The molecule has 98 valence electrons. The second kappa shape index (κ2) is 5.68. The SMILES string of the molecule is CCOC(=O)CN(c1nc[nH]c(=O)c1I)C1CC1. The van der Waals surface area contributed by atoms with E-state index in [1.165, 1.54) is 6.33 Å². The Morgan fingerprint density at radius 1 is 1.67 bits per heavy atom. The van der Waals surface area contributed by atoms with Gasteiger partial charge in [0, 0.05) is 6.04 Å². The predicted molar refractivity (Wildman–Crippen MR) is 74.6 cm³/mol. The van der Waals surface area contributed by atoms with Crippen molar-refractivity contribution in [1.82, 2.24) is 9.97 Å². The molecule has 1 aliphatic rings. The molecule has 6 nitrogen and oxygen atoms in total. The average molecular weight is 363 g/mol. The predicted octanol–water partition coefficient (Wildman–Crippen LogP) is 0.906. The third kappa shape index (κ3) is 3.01. The van der Waals surface area contributed by atoms with E-state index in [1.807, 2.05) is 27.5 Å². The highest BCUT2D eigenvalue weighted by molar-refractivity contribution is 14.1. The van der Waals surface area contributed by atoms with Crippen LogP contribution in [-0.2, 0) is 9.53 Å². The van der Waals surface area contributed by atoms with Gasteiger partial charge in [-0.3, -0.25) is 9.59 Å². The molecule has 0 radical (unpaired) electrons. The van der Waals surface area contributed by atoms with Gasteiger partial charge in [0.2, 0.25) is 0 Å². The zero-order valence-electron chi connectivity index (χ0n) is 9.98. The molecule has 1 aliphatic carbocycles. The second-order valence-corrected chi connectivity index (χ2v) is 5.11. The van der Waals surface area contributed by atoms with Gasteiger partial charge in [-0.1, -0.05) is 0 Å². The molecule has 1 aromatic rings. The van der Waals surface area contributed by atoms with Crippen LogP contribution < -0.4 is 10.5 Å². The lowest BCUT2D eigenvalue weighted by Crippen LogP contribution is -2.35. The Morgan fingerprint density at radius 3 is 3.00 bits per heavy atom. The molecule has 1 saturated carbocycles. The zero-order chi connectivity index (χ0) is 13.1. The molecule has 1 heterocycles. The molecule has 1 aromatic heterocycles. The number of anilines is 1. The van der Waals surface area contributed by atoms with E-state index in [9.17, 15) is 9.59 Å². The van der Waals surface area contributed by atoms with E-state index in [0.29, 0.717) is 16.0 Å². The van der Waals surface area contributed by atoms with Gasteiger partial charge in [0.1, 0.15) is 15.9 Å². The van der Waals surface area contributed by atoms with E-state index in [4.69, 9.17) is 4.74 Å². The molecule has 2 rings (SSSR count). The Kier molecular flexibility index (Phi) is 4.20. The van der Waals surface area contributed by atoms with E-state index >= 15 is 0 Å². The Hall–Kier alpha value is -1.12. The van der Waals surface area contributed by atoms with Crippen LogP contribution in [0.4, 0.5) is 5.82 Å². The van der Waals surface area contributed by atoms with Crippen molar-refractivity contribution in [3.8, 4) is 0 Å². The van der Waals surface area contributed by atoms with Crippen molar-refractivity contribution in [2.45, 2.75) is 25.8 Å². The van der Waals surface area contributed by atoms with Gasteiger partial charge in [-0.2, -0.15) is 0 Å². The van der Waals surface area contributed by atoms with Gasteiger partial charge < -0.3 is 14.6 Å². The third-order valence-corrected chi connectivity index (χ3v) is 3.61. The number of hydrogen-bond acceptors (Lipinski definition) is 5. The fourth-order valence-electron chi connectivity index (χ4n) is 1.68. The largest absolute Gasteiger partial charge is 0.465 e. The van der Waals surface area contributed by atoms with Crippen molar-refractivity contribution in [2.24, 2.45) is 0 Å². The van der Waals surface area contributed by atoms with Gasteiger partial charge in [-0.15, -0.1) is 0 Å². The summed E-state index contributed by atoms with van der Waals surface area (Å²) in [5.41, 5.74) is -0.185. The maximum absolute atomic E-state index is 11.6. The number of nitrogens with zero attached hydrogens (tertiary/aromatic N) is 2. The summed E-state index contributed by atoms with van der Waals surface area (Å²) in [5, 5.41) is 0. The van der Waals surface area contributed by atoms with Crippen molar-refractivity contribution >= 4 is 34.4 Å². The van der Waals surface area contributed by atoms with Gasteiger partial charge in [0.05, 0.1) is 12.9 Å². The fourth-order valence-corrected chi connectivity index (χ4v) is 2.29. The zero-order valence-corrected chi connectivity index (χ0v) is 12.1. The van der Waals surface area contributed by atoms with Gasteiger partial charge >= 0.3 is 5.97 Å². The average Bonchev–Trinajstić information content (AvgIpc) is 3.15. The summed E-state index contributed by atoms with van der Waals surface area (Å²) in [6.45, 7) is 2.27. The number of aromatic nitrogens is 2. The molecular formula is C11H14IN3O3.